The van der Waals surface area contributed by atoms with Gasteiger partial charge in [0.15, 0.2) is 0 Å². The minimum atomic E-state index is -0.412. The predicted octanol–water partition coefficient (Wildman–Crippen LogP) is 3.31. The lowest BCUT2D eigenvalue weighted by Crippen LogP contribution is -2.43. The average Bonchev–Trinajstić information content (AvgIpc) is 3.00. The number of aryl methyl sites for hydroxylation is 1. The highest BCUT2D eigenvalue weighted by atomic mass is 35.5. The molecule has 1 fully saturated rings. The van der Waals surface area contributed by atoms with Gasteiger partial charge in [0.25, 0.3) is 11.8 Å². The molecule has 0 spiro atoms. The van der Waals surface area contributed by atoms with Crippen molar-refractivity contribution in [1.82, 2.24) is 9.80 Å². The number of imide groups is 1. The van der Waals surface area contributed by atoms with Gasteiger partial charge in [-0.2, -0.15) is 0 Å². The van der Waals surface area contributed by atoms with Gasteiger partial charge in [-0.3, -0.25) is 19.4 Å². The molecule has 2 amide bonds. The van der Waals surface area contributed by atoms with E-state index < -0.39 is 17.6 Å². The van der Waals surface area contributed by atoms with Gasteiger partial charge in [-0.25, -0.2) is 4.39 Å². The molecule has 4 rings (SSSR count). The number of halogens is 2. The molecule has 0 bridgehead atoms. The molecule has 2 aromatic carbocycles. The fraction of sp³-hybridized carbons (Fsp3) is 0.304. The summed E-state index contributed by atoms with van der Waals surface area (Å²) in [6.45, 7) is 5.53. The Kier molecular flexibility index (Phi) is 6.36. The third kappa shape index (κ3) is 4.63. The zero-order valence-corrected chi connectivity index (χ0v) is 17.9. The quantitative estimate of drug-likeness (QED) is 0.694. The second-order valence-corrected chi connectivity index (χ2v) is 7.99. The molecule has 2 heterocycles. The molecule has 162 valence electrons. The molecule has 0 unspecified atom stereocenters. The lowest BCUT2D eigenvalue weighted by atomic mass is 10.0. The maximum atomic E-state index is 13.5. The van der Waals surface area contributed by atoms with E-state index in [0.717, 1.165) is 18.7 Å². The summed E-state index contributed by atoms with van der Waals surface area (Å²) in [5.74, 6) is -1.21. The summed E-state index contributed by atoms with van der Waals surface area (Å²) in [7, 11) is 0. The number of amides is 2. The first-order chi connectivity index (χ1) is 14.9. The Bertz CT molecular complexity index is 1030. The van der Waals surface area contributed by atoms with Crippen LogP contribution >= 0.6 is 11.6 Å². The first-order valence-corrected chi connectivity index (χ1v) is 10.5. The maximum Gasteiger partial charge on any atom is 0.278 e. The summed E-state index contributed by atoms with van der Waals surface area (Å²) < 4.78 is 18.8. The van der Waals surface area contributed by atoms with Crippen molar-refractivity contribution in [2.24, 2.45) is 0 Å². The van der Waals surface area contributed by atoms with Crippen LogP contribution in [0.25, 0.3) is 5.57 Å². The normalized spacial score (nSPS) is 17.6. The van der Waals surface area contributed by atoms with Gasteiger partial charge in [0.2, 0.25) is 0 Å². The van der Waals surface area contributed by atoms with E-state index in [2.05, 4.69) is 10.2 Å². The number of anilines is 1. The first kappa shape index (κ1) is 21.5. The summed E-state index contributed by atoms with van der Waals surface area (Å²) in [4.78, 5) is 30.0. The first-order valence-electron chi connectivity index (χ1n) is 10.1. The fourth-order valence-corrected chi connectivity index (χ4v) is 3.88. The van der Waals surface area contributed by atoms with E-state index in [9.17, 15) is 14.0 Å². The van der Waals surface area contributed by atoms with Crippen LogP contribution < -0.4 is 5.32 Å². The third-order valence-corrected chi connectivity index (χ3v) is 5.74. The van der Waals surface area contributed by atoms with Gasteiger partial charge in [-0.05, 0) is 42.3 Å². The Morgan fingerprint density at radius 2 is 1.74 bits per heavy atom. The van der Waals surface area contributed by atoms with Crippen molar-refractivity contribution >= 4 is 34.7 Å². The number of nitrogens with one attached hydrogen (secondary N) is 1. The summed E-state index contributed by atoms with van der Waals surface area (Å²) in [6.07, 6.45) is 0. The van der Waals surface area contributed by atoms with E-state index in [0.29, 0.717) is 36.0 Å². The van der Waals surface area contributed by atoms with Gasteiger partial charge in [0.1, 0.15) is 11.5 Å². The molecule has 1 saturated heterocycles. The number of hydrogen-bond acceptors (Lipinski definition) is 5. The molecule has 31 heavy (non-hydrogen) atoms. The Morgan fingerprint density at radius 1 is 1.03 bits per heavy atom. The fourth-order valence-electron chi connectivity index (χ4n) is 3.71. The van der Waals surface area contributed by atoms with Crippen LogP contribution in [-0.4, -0.2) is 61.0 Å². The number of carbonyl (C=O) groups excluding carboxylic acids is 2. The number of ether oxygens (including phenoxy) is 1. The van der Waals surface area contributed by atoms with Crippen molar-refractivity contribution in [2.45, 2.75) is 6.92 Å². The molecule has 0 aliphatic carbocycles. The topological polar surface area (TPSA) is 61.9 Å². The number of benzene rings is 2. The smallest absolute Gasteiger partial charge is 0.278 e. The van der Waals surface area contributed by atoms with Crippen LogP contribution in [0.4, 0.5) is 10.1 Å². The summed E-state index contributed by atoms with van der Waals surface area (Å²) in [6, 6.07) is 10.9. The van der Waals surface area contributed by atoms with Crippen molar-refractivity contribution < 1.29 is 18.7 Å². The zero-order valence-electron chi connectivity index (χ0n) is 17.2. The van der Waals surface area contributed by atoms with Crippen LogP contribution in [0.3, 0.4) is 0 Å². The minimum Gasteiger partial charge on any atom is -0.379 e. The molecule has 2 aromatic rings. The van der Waals surface area contributed by atoms with Crippen LogP contribution in [-0.2, 0) is 14.3 Å². The number of nitrogens with zero attached hydrogens (tertiary/aromatic N) is 2. The van der Waals surface area contributed by atoms with Crippen LogP contribution in [0.2, 0.25) is 5.02 Å². The standard InChI is InChI=1S/C23H23ClFN3O3/c1-15-2-5-17(24)14-19(15)26-21-20(16-3-6-18(25)7-4-16)22(29)28(23(21)30)9-8-27-10-12-31-13-11-27/h2-7,14,26H,8-13H2,1H3. The molecular weight excluding hydrogens is 421 g/mol. The zero-order chi connectivity index (χ0) is 22.0. The van der Waals surface area contributed by atoms with E-state index in [1.807, 2.05) is 13.0 Å². The molecule has 8 heteroatoms. The molecule has 6 nitrogen and oxygen atoms in total. The highest BCUT2D eigenvalue weighted by Gasteiger charge is 2.39. The van der Waals surface area contributed by atoms with Crippen molar-refractivity contribution in [3.8, 4) is 0 Å². The predicted molar refractivity (Wildman–Crippen MR) is 117 cm³/mol. The van der Waals surface area contributed by atoms with Crippen LogP contribution in [0.15, 0.2) is 48.2 Å². The lowest BCUT2D eigenvalue weighted by Gasteiger charge is -2.28. The molecular formula is C23H23ClFN3O3. The van der Waals surface area contributed by atoms with Crippen LogP contribution in [0, 0.1) is 12.7 Å². The largest absolute Gasteiger partial charge is 0.379 e. The second-order valence-electron chi connectivity index (χ2n) is 7.56. The highest BCUT2D eigenvalue weighted by Crippen LogP contribution is 2.32. The van der Waals surface area contributed by atoms with Gasteiger partial charge in [0.05, 0.1) is 18.8 Å². The van der Waals surface area contributed by atoms with E-state index in [-0.39, 0.29) is 17.8 Å². The second kappa shape index (κ2) is 9.18. The number of rotatable bonds is 6. The monoisotopic (exact) mass is 443 g/mol. The highest BCUT2D eigenvalue weighted by molar-refractivity contribution is 6.36. The van der Waals surface area contributed by atoms with E-state index in [1.165, 1.54) is 29.2 Å². The number of morpholine rings is 1. The summed E-state index contributed by atoms with van der Waals surface area (Å²) >= 11 is 6.13. The van der Waals surface area contributed by atoms with Crippen molar-refractivity contribution in [1.29, 1.82) is 0 Å². The molecule has 0 atom stereocenters. The molecule has 2 aliphatic rings. The van der Waals surface area contributed by atoms with Crippen molar-refractivity contribution in [3.05, 3.63) is 70.1 Å². The maximum absolute atomic E-state index is 13.5. The molecule has 0 radical (unpaired) electrons. The van der Waals surface area contributed by atoms with Gasteiger partial charge < -0.3 is 10.1 Å². The van der Waals surface area contributed by atoms with Crippen LogP contribution in [0.1, 0.15) is 11.1 Å². The number of carbonyl (C=O) groups is 2. The van der Waals surface area contributed by atoms with E-state index >= 15 is 0 Å². The Balaban J connectivity index is 1.65. The Morgan fingerprint density at radius 3 is 2.45 bits per heavy atom. The lowest BCUT2D eigenvalue weighted by molar-refractivity contribution is -0.137. The Labute approximate surface area is 185 Å². The Hall–Kier alpha value is -2.74. The summed E-state index contributed by atoms with van der Waals surface area (Å²) in [5, 5.41) is 3.63. The minimum absolute atomic E-state index is 0.170. The van der Waals surface area contributed by atoms with Crippen LogP contribution in [0.5, 0.6) is 0 Å². The molecule has 2 aliphatic heterocycles. The third-order valence-electron chi connectivity index (χ3n) is 5.50. The van der Waals surface area contributed by atoms with Gasteiger partial charge in [-0.1, -0.05) is 29.8 Å². The molecule has 1 N–H and O–H groups in total. The van der Waals surface area contributed by atoms with Crippen molar-refractivity contribution in [2.75, 3.05) is 44.7 Å². The summed E-state index contributed by atoms with van der Waals surface area (Å²) in [5.41, 5.74) is 2.40. The SMILES string of the molecule is Cc1ccc(Cl)cc1NC1=C(c2ccc(F)cc2)C(=O)N(CCN2CCOCC2)C1=O. The molecule has 0 aromatic heterocycles. The van der Waals surface area contributed by atoms with Gasteiger partial charge in [-0.15, -0.1) is 0 Å². The van der Waals surface area contributed by atoms with Crippen molar-refractivity contribution in [3.63, 3.8) is 0 Å². The van der Waals surface area contributed by atoms with E-state index in [1.54, 1.807) is 12.1 Å². The van der Waals surface area contributed by atoms with Gasteiger partial charge in [0, 0.05) is 36.9 Å². The average molecular weight is 444 g/mol. The number of hydrogen-bond donors (Lipinski definition) is 1. The molecule has 0 saturated carbocycles. The van der Waals surface area contributed by atoms with E-state index in [4.69, 9.17) is 16.3 Å². The van der Waals surface area contributed by atoms with Gasteiger partial charge >= 0.3 is 0 Å².